The standard InChI is InChI=1S/C13H14N2/c1-3-8-13(11-14,9-4-2)12-7-5-6-10-15-12/h3-7,10H,1-2,8-9H2. The Morgan fingerprint density at radius 1 is 1.33 bits per heavy atom. The summed E-state index contributed by atoms with van der Waals surface area (Å²) in [5.41, 5.74) is 0.178. The molecule has 0 N–H and O–H groups in total. The maximum absolute atomic E-state index is 9.31. The molecule has 0 saturated heterocycles. The van der Waals surface area contributed by atoms with Crippen LogP contribution in [0.4, 0.5) is 0 Å². The number of aromatic nitrogens is 1. The highest BCUT2D eigenvalue weighted by Crippen LogP contribution is 2.30. The summed E-state index contributed by atoms with van der Waals surface area (Å²) in [6.07, 6.45) is 6.38. The molecule has 0 aliphatic heterocycles. The third-order valence-corrected chi connectivity index (χ3v) is 2.35. The lowest BCUT2D eigenvalue weighted by Crippen LogP contribution is -2.23. The lowest BCUT2D eigenvalue weighted by Gasteiger charge is -2.22. The van der Waals surface area contributed by atoms with Gasteiger partial charge in [0.2, 0.25) is 0 Å². The Morgan fingerprint density at radius 2 is 2.00 bits per heavy atom. The smallest absolute Gasteiger partial charge is 0.106 e. The van der Waals surface area contributed by atoms with Crippen LogP contribution in [0.2, 0.25) is 0 Å². The van der Waals surface area contributed by atoms with Crippen molar-refractivity contribution in [3.63, 3.8) is 0 Å². The zero-order chi connectivity index (χ0) is 11.1. The van der Waals surface area contributed by atoms with Gasteiger partial charge in [-0.2, -0.15) is 5.26 Å². The van der Waals surface area contributed by atoms with Crippen molar-refractivity contribution in [1.82, 2.24) is 4.98 Å². The largest absolute Gasteiger partial charge is 0.260 e. The molecule has 1 aromatic rings. The molecule has 0 spiro atoms. The van der Waals surface area contributed by atoms with Crippen molar-refractivity contribution in [2.24, 2.45) is 0 Å². The molecule has 0 bridgehead atoms. The number of nitrogens with zero attached hydrogens (tertiary/aromatic N) is 2. The van der Waals surface area contributed by atoms with Gasteiger partial charge in [0.1, 0.15) is 5.41 Å². The average Bonchev–Trinajstić information content (AvgIpc) is 2.30. The topological polar surface area (TPSA) is 36.7 Å². The molecular weight excluding hydrogens is 184 g/mol. The zero-order valence-corrected chi connectivity index (χ0v) is 8.69. The number of hydrogen-bond acceptors (Lipinski definition) is 2. The molecule has 1 aromatic heterocycles. The highest BCUT2D eigenvalue weighted by Gasteiger charge is 2.30. The highest BCUT2D eigenvalue weighted by molar-refractivity contribution is 5.28. The van der Waals surface area contributed by atoms with E-state index in [4.69, 9.17) is 0 Å². The van der Waals surface area contributed by atoms with E-state index in [0.717, 1.165) is 5.69 Å². The fourth-order valence-electron chi connectivity index (χ4n) is 1.58. The minimum Gasteiger partial charge on any atom is -0.260 e. The Hall–Kier alpha value is -1.88. The number of allylic oxidation sites excluding steroid dienone is 2. The van der Waals surface area contributed by atoms with Crippen molar-refractivity contribution >= 4 is 0 Å². The van der Waals surface area contributed by atoms with Crippen LogP contribution in [0, 0.1) is 11.3 Å². The van der Waals surface area contributed by atoms with Crippen LogP contribution < -0.4 is 0 Å². The van der Waals surface area contributed by atoms with Crippen LogP contribution >= 0.6 is 0 Å². The van der Waals surface area contributed by atoms with E-state index in [-0.39, 0.29) is 0 Å². The molecule has 1 rings (SSSR count). The van der Waals surface area contributed by atoms with Gasteiger partial charge in [-0.05, 0) is 25.0 Å². The van der Waals surface area contributed by atoms with E-state index in [2.05, 4.69) is 24.2 Å². The summed E-state index contributed by atoms with van der Waals surface area (Å²) in [5.74, 6) is 0. The van der Waals surface area contributed by atoms with E-state index in [1.54, 1.807) is 18.3 Å². The Kier molecular flexibility index (Phi) is 3.82. The molecule has 0 unspecified atom stereocenters. The van der Waals surface area contributed by atoms with Gasteiger partial charge in [0.05, 0.1) is 11.8 Å². The first-order chi connectivity index (χ1) is 7.29. The number of pyridine rings is 1. The predicted octanol–water partition coefficient (Wildman–Crippen LogP) is 3.00. The number of nitriles is 1. The molecule has 0 amide bonds. The Balaban J connectivity index is 3.15. The minimum atomic E-state index is -0.606. The van der Waals surface area contributed by atoms with E-state index < -0.39 is 5.41 Å². The maximum Gasteiger partial charge on any atom is 0.106 e. The first-order valence-corrected chi connectivity index (χ1v) is 4.83. The average molecular weight is 198 g/mol. The van der Waals surface area contributed by atoms with Gasteiger partial charge < -0.3 is 0 Å². The van der Waals surface area contributed by atoms with Gasteiger partial charge in [-0.1, -0.05) is 18.2 Å². The Bertz CT molecular complexity index is 363. The lowest BCUT2D eigenvalue weighted by atomic mass is 9.79. The van der Waals surface area contributed by atoms with E-state index in [0.29, 0.717) is 12.8 Å². The second kappa shape index (κ2) is 5.11. The molecule has 0 atom stereocenters. The van der Waals surface area contributed by atoms with Crippen LogP contribution in [-0.2, 0) is 5.41 Å². The number of rotatable bonds is 5. The summed E-state index contributed by atoms with van der Waals surface area (Å²) < 4.78 is 0. The number of hydrogen-bond donors (Lipinski definition) is 0. The van der Waals surface area contributed by atoms with Crippen molar-refractivity contribution < 1.29 is 0 Å². The van der Waals surface area contributed by atoms with Gasteiger partial charge >= 0.3 is 0 Å². The summed E-state index contributed by atoms with van der Waals surface area (Å²) in [6.45, 7) is 7.38. The van der Waals surface area contributed by atoms with Crippen LogP contribution in [-0.4, -0.2) is 4.98 Å². The van der Waals surface area contributed by atoms with Crippen molar-refractivity contribution in [1.29, 1.82) is 5.26 Å². The fourth-order valence-corrected chi connectivity index (χ4v) is 1.58. The van der Waals surface area contributed by atoms with Crippen molar-refractivity contribution in [2.75, 3.05) is 0 Å². The van der Waals surface area contributed by atoms with Gasteiger partial charge in [0.15, 0.2) is 0 Å². The summed E-state index contributed by atoms with van der Waals surface area (Å²) in [5, 5.41) is 9.31. The molecule has 1 heterocycles. The SMILES string of the molecule is C=CCC(C#N)(CC=C)c1ccccn1. The minimum absolute atomic E-state index is 0.590. The molecule has 0 aliphatic carbocycles. The first kappa shape index (κ1) is 11.2. The summed E-state index contributed by atoms with van der Waals surface area (Å²) in [4.78, 5) is 4.24. The molecular formula is C13H14N2. The van der Waals surface area contributed by atoms with Gasteiger partial charge in [-0.3, -0.25) is 4.98 Å². The third kappa shape index (κ3) is 2.32. The van der Waals surface area contributed by atoms with E-state index >= 15 is 0 Å². The second-order valence-corrected chi connectivity index (χ2v) is 3.39. The van der Waals surface area contributed by atoms with Gasteiger partial charge in [0.25, 0.3) is 0 Å². The van der Waals surface area contributed by atoms with Crippen molar-refractivity contribution in [3.05, 3.63) is 55.4 Å². The van der Waals surface area contributed by atoms with Crippen LogP contribution in [0.3, 0.4) is 0 Å². The molecule has 2 heteroatoms. The first-order valence-electron chi connectivity index (χ1n) is 4.83. The fraction of sp³-hybridized carbons (Fsp3) is 0.231. The van der Waals surface area contributed by atoms with Crippen molar-refractivity contribution in [2.45, 2.75) is 18.3 Å². The Labute approximate surface area is 90.6 Å². The van der Waals surface area contributed by atoms with Crippen LogP contribution in [0.25, 0.3) is 0 Å². The van der Waals surface area contributed by atoms with E-state index in [1.807, 2.05) is 18.2 Å². The molecule has 0 fully saturated rings. The molecule has 76 valence electrons. The molecule has 15 heavy (non-hydrogen) atoms. The highest BCUT2D eigenvalue weighted by atomic mass is 14.7. The van der Waals surface area contributed by atoms with Crippen LogP contribution in [0.5, 0.6) is 0 Å². The molecule has 0 radical (unpaired) electrons. The monoisotopic (exact) mass is 198 g/mol. The molecule has 0 aromatic carbocycles. The Morgan fingerprint density at radius 3 is 2.40 bits per heavy atom. The lowest BCUT2D eigenvalue weighted by molar-refractivity contribution is 0.548. The molecule has 2 nitrogen and oxygen atoms in total. The van der Waals surface area contributed by atoms with E-state index in [9.17, 15) is 5.26 Å². The molecule has 0 saturated carbocycles. The van der Waals surface area contributed by atoms with E-state index in [1.165, 1.54) is 0 Å². The normalized spacial score (nSPS) is 10.3. The quantitative estimate of drug-likeness (QED) is 0.682. The second-order valence-electron chi connectivity index (χ2n) is 3.39. The van der Waals surface area contributed by atoms with Gasteiger partial charge in [-0.25, -0.2) is 0 Å². The predicted molar refractivity (Wildman–Crippen MR) is 61.2 cm³/mol. The van der Waals surface area contributed by atoms with Crippen molar-refractivity contribution in [3.8, 4) is 6.07 Å². The maximum atomic E-state index is 9.31. The van der Waals surface area contributed by atoms with Crippen LogP contribution in [0.15, 0.2) is 49.7 Å². The van der Waals surface area contributed by atoms with Gasteiger partial charge in [-0.15, -0.1) is 13.2 Å². The van der Waals surface area contributed by atoms with Crippen LogP contribution in [0.1, 0.15) is 18.5 Å². The summed E-state index contributed by atoms with van der Waals surface area (Å²) in [7, 11) is 0. The molecule has 0 aliphatic rings. The van der Waals surface area contributed by atoms with Gasteiger partial charge in [0, 0.05) is 6.20 Å². The third-order valence-electron chi connectivity index (χ3n) is 2.35. The zero-order valence-electron chi connectivity index (χ0n) is 8.69. The summed E-state index contributed by atoms with van der Waals surface area (Å²) in [6, 6.07) is 7.93. The summed E-state index contributed by atoms with van der Waals surface area (Å²) >= 11 is 0.